The number of anilines is 1. The highest BCUT2D eigenvalue weighted by Crippen LogP contribution is 2.19. The molecule has 6 heteroatoms. The Morgan fingerprint density at radius 2 is 2.10 bits per heavy atom. The molecule has 0 spiro atoms. The predicted molar refractivity (Wildman–Crippen MR) is 78.3 cm³/mol. The molecule has 0 heterocycles. The molecule has 3 N–H and O–H groups in total. The van der Waals surface area contributed by atoms with E-state index in [1.807, 2.05) is 0 Å². The lowest BCUT2D eigenvalue weighted by Gasteiger charge is -2.26. The second kappa shape index (κ2) is 7.83. The zero-order chi connectivity index (χ0) is 15.1. The summed E-state index contributed by atoms with van der Waals surface area (Å²) in [6, 6.07) is 6.66. The first-order valence-corrected chi connectivity index (χ1v) is 7.22. The van der Waals surface area contributed by atoms with E-state index in [0.717, 1.165) is 25.7 Å². The SMILES string of the molecule is O=C(Nc1cccc(OCCF)c1)NC1CCC(O)CC1. The van der Waals surface area contributed by atoms with Crippen molar-refractivity contribution in [2.45, 2.75) is 37.8 Å². The van der Waals surface area contributed by atoms with Crippen molar-refractivity contribution in [3.8, 4) is 5.75 Å². The number of alkyl halides is 1. The number of amides is 2. The van der Waals surface area contributed by atoms with E-state index >= 15 is 0 Å². The van der Waals surface area contributed by atoms with Gasteiger partial charge in [0.05, 0.1) is 6.10 Å². The molecule has 1 aliphatic rings. The molecule has 1 aromatic rings. The Morgan fingerprint density at radius 1 is 1.33 bits per heavy atom. The largest absolute Gasteiger partial charge is 0.491 e. The van der Waals surface area contributed by atoms with E-state index in [1.165, 1.54) is 0 Å². The van der Waals surface area contributed by atoms with Gasteiger partial charge in [-0.1, -0.05) is 6.07 Å². The van der Waals surface area contributed by atoms with Crippen LogP contribution in [0, 0.1) is 0 Å². The molecule has 2 rings (SSSR count). The Hall–Kier alpha value is -1.82. The molecule has 21 heavy (non-hydrogen) atoms. The maximum absolute atomic E-state index is 12.1. The van der Waals surface area contributed by atoms with Crippen molar-refractivity contribution >= 4 is 11.7 Å². The van der Waals surface area contributed by atoms with Crippen LogP contribution in [0.1, 0.15) is 25.7 Å². The van der Waals surface area contributed by atoms with Crippen molar-refractivity contribution in [3.05, 3.63) is 24.3 Å². The molecule has 5 nitrogen and oxygen atoms in total. The van der Waals surface area contributed by atoms with Crippen molar-refractivity contribution in [2.75, 3.05) is 18.6 Å². The van der Waals surface area contributed by atoms with Crippen LogP contribution in [0.2, 0.25) is 0 Å². The molecule has 0 bridgehead atoms. The molecule has 2 amide bonds. The van der Waals surface area contributed by atoms with E-state index in [-0.39, 0.29) is 24.8 Å². The van der Waals surface area contributed by atoms with Crippen LogP contribution in [0.25, 0.3) is 0 Å². The monoisotopic (exact) mass is 296 g/mol. The maximum atomic E-state index is 12.1. The predicted octanol–water partition coefficient (Wildman–Crippen LogP) is 2.46. The van der Waals surface area contributed by atoms with Gasteiger partial charge in [-0.25, -0.2) is 9.18 Å². The van der Waals surface area contributed by atoms with Crippen molar-refractivity contribution in [2.24, 2.45) is 0 Å². The number of halogens is 1. The molecule has 0 unspecified atom stereocenters. The molecule has 1 fully saturated rings. The molecular formula is C15H21FN2O3. The minimum Gasteiger partial charge on any atom is -0.491 e. The number of urea groups is 1. The lowest BCUT2D eigenvalue weighted by molar-refractivity contribution is 0.118. The fourth-order valence-electron chi connectivity index (χ4n) is 2.39. The third kappa shape index (κ3) is 5.23. The number of nitrogens with one attached hydrogen (secondary N) is 2. The molecule has 0 saturated heterocycles. The average molecular weight is 296 g/mol. The van der Waals surface area contributed by atoms with Crippen molar-refractivity contribution in [3.63, 3.8) is 0 Å². The van der Waals surface area contributed by atoms with E-state index in [4.69, 9.17) is 4.74 Å². The topological polar surface area (TPSA) is 70.6 Å². The van der Waals surface area contributed by atoms with Crippen LogP contribution in [0.15, 0.2) is 24.3 Å². The smallest absolute Gasteiger partial charge is 0.319 e. The summed E-state index contributed by atoms with van der Waals surface area (Å²) in [7, 11) is 0. The van der Waals surface area contributed by atoms with Crippen molar-refractivity contribution < 1.29 is 19.0 Å². The van der Waals surface area contributed by atoms with Gasteiger partial charge in [-0.05, 0) is 37.8 Å². The third-order valence-electron chi connectivity index (χ3n) is 3.47. The van der Waals surface area contributed by atoms with Gasteiger partial charge in [0, 0.05) is 17.8 Å². The lowest BCUT2D eigenvalue weighted by Crippen LogP contribution is -2.40. The van der Waals surface area contributed by atoms with Crippen LogP contribution in [-0.2, 0) is 0 Å². The van der Waals surface area contributed by atoms with Crippen LogP contribution >= 0.6 is 0 Å². The fourth-order valence-corrected chi connectivity index (χ4v) is 2.39. The number of hydrogen-bond acceptors (Lipinski definition) is 3. The highest BCUT2D eigenvalue weighted by atomic mass is 19.1. The number of carbonyl (C=O) groups is 1. The standard InChI is InChI=1S/C15H21FN2O3/c16-8-9-21-14-3-1-2-12(10-14)18-15(20)17-11-4-6-13(19)7-5-11/h1-3,10-11,13,19H,4-9H2,(H2,17,18,20). The van der Waals surface area contributed by atoms with Gasteiger partial charge in [0.15, 0.2) is 0 Å². The van der Waals surface area contributed by atoms with Gasteiger partial charge in [-0.2, -0.15) is 0 Å². The molecule has 116 valence electrons. The van der Waals surface area contributed by atoms with E-state index in [9.17, 15) is 14.3 Å². The number of aliphatic hydroxyl groups is 1. The Labute approximate surface area is 123 Å². The summed E-state index contributed by atoms with van der Waals surface area (Å²) in [6.07, 6.45) is 2.77. The molecule has 1 aromatic carbocycles. The lowest BCUT2D eigenvalue weighted by atomic mass is 9.93. The highest BCUT2D eigenvalue weighted by Gasteiger charge is 2.20. The van der Waals surface area contributed by atoms with Crippen LogP contribution in [0.5, 0.6) is 5.75 Å². The third-order valence-corrected chi connectivity index (χ3v) is 3.47. The number of ether oxygens (including phenoxy) is 1. The molecule has 0 aromatic heterocycles. The van der Waals surface area contributed by atoms with Gasteiger partial charge >= 0.3 is 6.03 Å². The molecule has 1 aliphatic carbocycles. The molecular weight excluding hydrogens is 275 g/mol. The summed E-state index contributed by atoms with van der Waals surface area (Å²) in [5.41, 5.74) is 0.597. The highest BCUT2D eigenvalue weighted by molar-refractivity contribution is 5.89. The summed E-state index contributed by atoms with van der Waals surface area (Å²) in [5, 5.41) is 15.0. The molecule has 0 aliphatic heterocycles. The number of benzene rings is 1. The first-order valence-electron chi connectivity index (χ1n) is 7.22. The fraction of sp³-hybridized carbons (Fsp3) is 0.533. The average Bonchev–Trinajstić information content (AvgIpc) is 2.48. The maximum Gasteiger partial charge on any atom is 0.319 e. The summed E-state index contributed by atoms with van der Waals surface area (Å²) in [4.78, 5) is 11.9. The zero-order valence-electron chi connectivity index (χ0n) is 11.8. The van der Waals surface area contributed by atoms with Crippen LogP contribution in [0.3, 0.4) is 0 Å². The second-order valence-corrected chi connectivity index (χ2v) is 5.17. The van der Waals surface area contributed by atoms with Crippen molar-refractivity contribution in [1.82, 2.24) is 5.32 Å². The van der Waals surface area contributed by atoms with E-state index in [2.05, 4.69) is 10.6 Å². The van der Waals surface area contributed by atoms with E-state index in [0.29, 0.717) is 11.4 Å². The minimum absolute atomic E-state index is 0.0000499. The molecule has 0 atom stereocenters. The number of hydrogen-bond donors (Lipinski definition) is 3. The summed E-state index contributed by atoms with van der Waals surface area (Å²) in [5.74, 6) is 0.520. The normalized spacial score (nSPS) is 21.6. The van der Waals surface area contributed by atoms with E-state index in [1.54, 1.807) is 24.3 Å². The van der Waals surface area contributed by atoms with Gasteiger partial charge in [-0.3, -0.25) is 0 Å². The van der Waals surface area contributed by atoms with Crippen LogP contribution in [0.4, 0.5) is 14.9 Å². The Bertz CT molecular complexity index is 462. The van der Waals surface area contributed by atoms with Gasteiger partial charge < -0.3 is 20.5 Å². The van der Waals surface area contributed by atoms with Gasteiger partial charge in [-0.15, -0.1) is 0 Å². The summed E-state index contributed by atoms with van der Waals surface area (Å²) in [6.45, 7) is -0.550. The zero-order valence-corrected chi connectivity index (χ0v) is 11.8. The Balaban J connectivity index is 1.81. The Kier molecular flexibility index (Phi) is 5.80. The number of rotatable bonds is 5. The second-order valence-electron chi connectivity index (χ2n) is 5.17. The molecule has 1 saturated carbocycles. The summed E-state index contributed by atoms with van der Waals surface area (Å²) < 4.78 is 17.2. The summed E-state index contributed by atoms with van der Waals surface area (Å²) >= 11 is 0. The van der Waals surface area contributed by atoms with Crippen LogP contribution in [-0.4, -0.2) is 36.6 Å². The minimum atomic E-state index is -0.550. The first-order chi connectivity index (χ1) is 10.2. The first kappa shape index (κ1) is 15.6. The number of aliphatic hydroxyl groups excluding tert-OH is 1. The van der Waals surface area contributed by atoms with Gasteiger partial charge in [0.2, 0.25) is 0 Å². The van der Waals surface area contributed by atoms with Gasteiger partial charge in [0.25, 0.3) is 0 Å². The van der Waals surface area contributed by atoms with Crippen LogP contribution < -0.4 is 15.4 Å². The van der Waals surface area contributed by atoms with Crippen molar-refractivity contribution in [1.29, 1.82) is 0 Å². The van der Waals surface area contributed by atoms with E-state index < -0.39 is 6.67 Å². The Morgan fingerprint density at radius 3 is 2.81 bits per heavy atom. The number of carbonyl (C=O) groups excluding carboxylic acids is 1. The molecule has 0 radical (unpaired) electrons. The van der Waals surface area contributed by atoms with Gasteiger partial charge in [0.1, 0.15) is 19.0 Å². The quantitative estimate of drug-likeness (QED) is 0.781.